The minimum absolute atomic E-state index is 0.00881. The second-order valence-electron chi connectivity index (χ2n) is 5.15. The van der Waals surface area contributed by atoms with E-state index in [0.29, 0.717) is 6.07 Å². The summed E-state index contributed by atoms with van der Waals surface area (Å²) >= 11 is 5.82. The Morgan fingerprint density at radius 3 is 2.48 bits per heavy atom. The van der Waals surface area contributed by atoms with E-state index in [2.05, 4.69) is 5.16 Å². The first kappa shape index (κ1) is 20.5. The highest BCUT2D eigenvalue weighted by atomic mass is 35.5. The maximum absolute atomic E-state index is 12.7. The molecule has 2 rings (SSSR count). The van der Waals surface area contributed by atoms with Gasteiger partial charge < -0.3 is 9.47 Å². The SMILES string of the molecule is COCC(=N[O])c1cc(Oc2ccc(C(F)(F)F)cc2Cl)ccc1[N+](=O)[O-]. The summed E-state index contributed by atoms with van der Waals surface area (Å²) in [7, 11) is 1.28. The van der Waals surface area contributed by atoms with Crippen molar-refractivity contribution < 1.29 is 32.8 Å². The van der Waals surface area contributed by atoms with Gasteiger partial charge in [-0.25, -0.2) is 0 Å². The molecule has 7 nitrogen and oxygen atoms in total. The lowest BCUT2D eigenvalue weighted by atomic mass is 10.1. The zero-order chi connectivity index (χ0) is 20.2. The van der Waals surface area contributed by atoms with Gasteiger partial charge in [0, 0.05) is 13.2 Å². The molecule has 0 amide bonds. The van der Waals surface area contributed by atoms with Crippen molar-refractivity contribution >= 4 is 23.0 Å². The van der Waals surface area contributed by atoms with Gasteiger partial charge in [-0.2, -0.15) is 13.2 Å². The molecule has 27 heavy (non-hydrogen) atoms. The molecule has 2 aromatic rings. The fraction of sp³-hybridized carbons (Fsp3) is 0.188. The van der Waals surface area contributed by atoms with Crippen LogP contribution in [0, 0.1) is 10.1 Å². The number of hydrogen-bond donors (Lipinski definition) is 0. The molecular formula is C16H11ClF3N2O5. The number of hydrogen-bond acceptors (Lipinski definition) is 5. The van der Waals surface area contributed by atoms with Crippen LogP contribution in [-0.4, -0.2) is 24.4 Å². The van der Waals surface area contributed by atoms with Gasteiger partial charge in [0.05, 0.1) is 27.7 Å². The molecule has 0 aliphatic heterocycles. The summed E-state index contributed by atoms with van der Waals surface area (Å²) in [6.45, 7) is -0.283. The normalized spacial score (nSPS) is 12.1. The lowest BCUT2D eigenvalue weighted by Gasteiger charge is -2.12. The molecule has 0 saturated carbocycles. The van der Waals surface area contributed by atoms with Gasteiger partial charge in [-0.1, -0.05) is 11.6 Å². The van der Waals surface area contributed by atoms with Gasteiger partial charge >= 0.3 is 6.18 Å². The number of methoxy groups -OCH3 is 1. The maximum Gasteiger partial charge on any atom is 0.416 e. The Bertz CT molecular complexity index is 887. The van der Waals surface area contributed by atoms with E-state index in [-0.39, 0.29) is 34.4 Å². The molecule has 0 atom stereocenters. The van der Waals surface area contributed by atoms with Gasteiger partial charge in [0.25, 0.3) is 5.69 Å². The molecule has 0 bridgehead atoms. The van der Waals surface area contributed by atoms with Crippen LogP contribution < -0.4 is 4.74 Å². The molecule has 0 N–H and O–H groups in total. The highest BCUT2D eigenvalue weighted by molar-refractivity contribution is 6.32. The molecule has 11 heteroatoms. The van der Waals surface area contributed by atoms with E-state index in [1.807, 2.05) is 0 Å². The lowest BCUT2D eigenvalue weighted by molar-refractivity contribution is -0.385. The average molecular weight is 404 g/mol. The molecule has 143 valence electrons. The molecule has 0 spiro atoms. The van der Waals surface area contributed by atoms with Crippen molar-refractivity contribution in [1.82, 2.24) is 0 Å². The van der Waals surface area contributed by atoms with E-state index in [1.165, 1.54) is 13.2 Å². The number of benzene rings is 2. The van der Waals surface area contributed by atoms with Crippen LogP contribution in [-0.2, 0) is 16.1 Å². The highest BCUT2D eigenvalue weighted by Gasteiger charge is 2.31. The van der Waals surface area contributed by atoms with E-state index in [9.17, 15) is 28.5 Å². The number of ether oxygens (including phenoxy) is 2. The van der Waals surface area contributed by atoms with Gasteiger partial charge in [-0.3, -0.25) is 10.1 Å². The van der Waals surface area contributed by atoms with Crippen LogP contribution in [0.5, 0.6) is 11.5 Å². The Morgan fingerprint density at radius 1 is 1.26 bits per heavy atom. The molecule has 0 aliphatic carbocycles. The summed E-state index contributed by atoms with van der Waals surface area (Å²) in [5.41, 5.74) is -1.75. The summed E-state index contributed by atoms with van der Waals surface area (Å²) in [6, 6.07) is 5.93. The van der Waals surface area contributed by atoms with Crippen molar-refractivity contribution in [3.05, 3.63) is 62.7 Å². The smallest absolute Gasteiger partial charge is 0.416 e. The zero-order valence-electron chi connectivity index (χ0n) is 13.6. The number of alkyl halides is 3. The van der Waals surface area contributed by atoms with Crippen LogP contribution in [0.15, 0.2) is 41.6 Å². The minimum Gasteiger partial charge on any atom is -0.456 e. The Balaban J connectivity index is 2.41. The molecular weight excluding hydrogens is 393 g/mol. The van der Waals surface area contributed by atoms with Crippen LogP contribution in [0.1, 0.15) is 11.1 Å². The van der Waals surface area contributed by atoms with Gasteiger partial charge in [0.1, 0.15) is 17.2 Å². The molecule has 0 aromatic heterocycles. The topological polar surface area (TPSA) is 93.9 Å². The van der Waals surface area contributed by atoms with Crippen LogP contribution in [0.2, 0.25) is 5.02 Å². The fourth-order valence-corrected chi connectivity index (χ4v) is 2.37. The summed E-state index contributed by atoms with van der Waals surface area (Å²) in [6.07, 6.45) is -4.57. The number of nitro groups is 1. The quantitative estimate of drug-likeness (QED) is 0.392. The maximum atomic E-state index is 12.7. The Kier molecular flexibility index (Phi) is 6.24. The third kappa shape index (κ3) is 4.86. The van der Waals surface area contributed by atoms with Crippen LogP contribution >= 0.6 is 11.6 Å². The second kappa shape index (κ2) is 8.23. The Morgan fingerprint density at radius 2 is 1.96 bits per heavy atom. The van der Waals surface area contributed by atoms with Gasteiger partial charge in [-0.15, -0.1) is 5.21 Å². The number of halogens is 4. The predicted molar refractivity (Wildman–Crippen MR) is 88.7 cm³/mol. The predicted octanol–water partition coefficient (Wildman–Crippen LogP) is 4.84. The van der Waals surface area contributed by atoms with Crippen molar-refractivity contribution in [2.75, 3.05) is 13.7 Å². The van der Waals surface area contributed by atoms with Crippen LogP contribution in [0.25, 0.3) is 0 Å². The van der Waals surface area contributed by atoms with Crippen molar-refractivity contribution in [3.8, 4) is 11.5 Å². The first-order valence-electron chi connectivity index (χ1n) is 7.19. The molecule has 0 fully saturated rings. The number of rotatable bonds is 6. The third-order valence-electron chi connectivity index (χ3n) is 3.35. The summed E-state index contributed by atoms with van der Waals surface area (Å²) in [5, 5.41) is 24.5. The molecule has 0 aliphatic rings. The minimum atomic E-state index is -4.57. The molecule has 0 unspecified atom stereocenters. The Labute approximate surface area is 155 Å². The lowest BCUT2D eigenvalue weighted by Crippen LogP contribution is -2.11. The number of nitrogens with zero attached hydrogens (tertiary/aromatic N) is 2. The first-order valence-corrected chi connectivity index (χ1v) is 7.56. The van der Waals surface area contributed by atoms with E-state index in [1.54, 1.807) is 0 Å². The standard InChI is InChI=1S/C16H11ClF3N2O5/c1-26-8-13(21-23)11-7-10(3-4-14(11)22(24)25)27-15-5-2-9(6-12(15)17)16(18,19)20/h2-7H,8H2,1H3. The molecule has 2 aromatic carbocycles. The first-order chi connectivity index (χ1) is 12.7. The molecule has 0 saturated heterocycles. The average Bonchev–Trinajstić information content (AvgIpc) is 2.60. The zero-order valence-corrected chi connectivity index (χ0v) is 14.4. The van der Waals surface area contributed by atoms with Crippen LogP contribution in [0.3, 0.4) is 0 Å². The summed E-state index contributed by atoms with van der Waals surface area (Å²) in [5.74, 6) is -0.0914. The van der Waals surface area contributed by atoms with Gasteiger partial charge in [0.2, 0.25) is 0 Å². The highest BCUT2D eigenvalue weighted by Crippen LogP contribution is 2.37. The van der Waals surface area contributed by atoms with Gasteiger partial charge in [-0.05, 0) is 35.5 Å². The van der Waals surface area contributed by atoms with Gasteiger partial charge in [0.15, 0.2) is 0 Å². The Hall–Kier alpha value is -2.85. The molecule has 0 heterocycles. The van der Waals surface area contributed by atoms with E-state index in [4.69, 9.17) is 21.1 Å². The monoisotopic (exact) mass is 403 g/mol. The van der Waals surface area contributed by atoms with Crippen molar-refractivity contribution in [2.24, 2.45) is 5.16 Å². The summed E-state index contributed by atoms with van der Waals surface area (Å²) < 4.78 is 48.2. The van der Waals surface area contributed by atoms with Crippen molar-refractivity contribution in [3.63, 3.8) is 0 Å². The summed E-state index contributed by atoms with van der Waals surface area (Å²) in [4.78, 5) is 10.4. The second-order valence-corrected chi connectivity index (χ2v) is 5.56. The van der Waals surface area contributed by atoms with E-state index in [0.717, 1.165) is 24.3 Å². The molecule has 1 radical (unpaired) electrons. The van der Waals surface area contributed by atoms with E-state index >= 15 is 0 Å². The third-order valence-corrected chi connectivity index (χ3v) is 3.65. The van der Waals surface area contributed by atoms with Crippen molar-refractivity contribution in [2.45, 2.75) is 6.18 Å². The number of nitro benzene ring substituents is 1. The largest absolute Gasteiger partial charge is 0.456 e. The van der Waals surface area contributed by atoms with Crippen LogP contribution in [0.4, 0.5) is 18.9 Å². The van der Waals surface area contributed by atoms with Crippen molar-refractivity contribution in [1.29, 1.82) is 0 Å². The fourth-order valence-electron chi connectivity index (χ4n) is 2.15. The van der Waals surface area contributed by atoms with E-state index < -0.39 is 22.4 Å².